The zero-order valence-corrected chi connectivity index (χ0v) is 9.82. The van der Waals surface area contributed by atoms with Gasteiger partial charge in [0.25, 0.3) is 0 Å². The van der Waals surface area contributed by atoms with Crippen LogP contribution in [0, 0.1) is 5.82 Å². The smallest absolute Gasteiger partial charge is 0.126 e. The Balaban J connectivity index is 2.05. The van der Waals surface area contributed by atoms with E-state index in [2.05, 4.69) is 0 Å². The van der Waals surface area contributed by atoms with Crippen LogP contribution in [0.4, 0.5) is 4.39 Å². The summed E-state index contributed by atoms with van der Waals surface area (Å²) in [6, 6.07) is 14.8. The van der Waals surface area contributed by atoms with E-state index in [1.165, 1.54) is 6.07 Å². The third-order valence-electron chi connectivity index (χ3n) is 2.78. The second-order valence-corrected chi connectivity index (χ2v) is 3.94. The van der Waals surface area contributed by atoms with Crippen molar-refractivity contribution in [1.82, 2.24) is 0 Å². The fraction of sp³-hybridized carbons (Fsp3) is 0.200. The standard InChI is InChI=1S/C15H15FO/c1-17-14-7-4-5-12(11-14)9-10-13-6-2-3-8-15(13)16/h2-8,11H,9-10H2,1H3. The molecule has 0 saturated heterocycles. The molecule has 0 atom stereocenters. The monoisotopic (exact) mass is 230 g/mol. The third-order valence-corrected chi connectivity index (χ3v) is 2.78. The molecule has 0 aromatic heterocycles. The molecule has 0 saturated carbocycles. The van der Waals surface area contributed by atoms with E-state index in [1.54, 1.807) is 13.2 Å². The van der Waals surface area contributed by atoms with E-state index >= 15 is 0 Å². The van der Waals surface area contributed by atoms with Crippen LogP contribution in [0.25, 0.3) is 0 Å². The van der Waals surface area contributed by atoms with Gasteiger partial charge in [0.1, 0.15) is 11.6 Å². The van der Waals surface area contributed by atoms with Crippen LogP contribution in [0.3, 0.4) is 0 Å². The summed E-state index contributed by atoms with van der Waals surface area (Å²) in [6.07, 6.45) is 1.53. The predicted molar refractivity (Wildman–Crippen MR) is 66.8 cm³/mol. The van der Waals surface area contributed by atoms with Gasteiger partial charge in [-0.1, -0.05) is 30.3 Å². The van der Waals surface area contributed by atoms with Crippen LogP contribution in [0.2, 0.25) is 0 Å². The maximum absolute atomic E-state index is 13.4. The highest BCUT2D eigenvalue weighted by molar-refractivity contribution is 5.29. The first-order valence-corrected chi connectivity index (χ1v) is 5.66. The predicted octanol–water partition coefficient (Wildman–Crippen LogP) is 3.62. The summed E-state index contributed by atoms with van der Waals surface area (Å²) in [5, 5.41) is 0. The fourth-order valence-electron chi connectivity index (χ4n) is 1.81. The molecule has 0 amide bonds. The van der Waals surface area contributed by atoms with Crippen molar-refractivity contribution in [2.45, 2.75) is 12.8 Å². The minimum absolute atomic E-state index is 0.129. The largest absolute Gasteiger partial charge is 0.497 e. The number of ether oxygens (including phenoxy) is 1. The summed E-state index contributed by atoms with van der Waals surface area (Å²) in [7, 11) is 1.65. The van der Waals surface area contributed by atoms with Crippen molar-refractivity contribution in [3.63, 3.8) is 0 Å². The number of halogens is 1. The Kier molecular flexibility index (Phi) is 3.76. The first-order chi connectivity index (χ1) is 8.29. The van der Waals surface area contributed by atoms with Crippen molar-refractivity contribution >= 4 is 0 Å². The summed E-state index contributed by atoms with van der Waals surface area (Å²) in [4.78, 5) is 0. The average Bonchev–Trinajstić information content (AvgIpc) is 2.38. The van der Waals surface area contributed by atoms with E-state index in [9.17, 15) is 4.39 Å². The summed E-state index contributed by atoms with van der Waals surface area (Å²) in [5.41, 5.74) is 1.92. The van der Waals surface area contributed by atoms with Gasteiger partial charge in [-0.05, 0) is 42.2 Å². The molecule has 0 fully saturated rings. The molecule has 0 unspecified atom stereocenters. The van der Waals surface area contributed by atoms with Crippen molar-refractivity contribution < 1.29 is 9.13 Å². The third kappa shape index (κ3) is 3.06. The van der Waals surface area contributed by atoms with Gasteiger partial charge < -0.3 is 4.74 Å². The molecule has 0 radical (unpaired) electrons. The molecule has 0 heterocycles. The molecule has 2 aromatic carbocycles. The number of aryl methyl sites for hydroxylation is 2. The van der Waals surface area contributed by atoms with Gasteiger partial charge in [-0.25, -0.2) is 4.39 Å². The maximum Gasteiger partial charge on any atom is 0.126 e. The SMILES string of the molecule is COc1cccc(CCc2ccccc2F)c1. The number of hydrogen-bond acceptors (Lipinski definition) is 1. The lowest BCUT2D eigenvalue weighted by atomic mass is 10.0. The van der Waals surface area contributed by atoms with Crippen LogP contribution >= 0.6 is 0 Å². The van der Waals surface area contributed by atoms with Gasteiger partial charge >= 0.3 is 0 Å². The van der Waals surface area contributed by atoms with Crippen molar-refractivity contribution in [3.05, 3.63) is 65.5 Å². The van der Waals surface area contributed by atoms with Gasteiger partial charge in [-0.15, -0.1) is 0 Å². The molecule has 0 aliphatic rings. The van der Waals surface area contributed by atoms with E-state index in [4.69, 9.17) is 4.74 Å². The highest BCUT2D eigenvalue weighted by Crippen LogP contribution is 2.15. The number of benzene rings is 2. The van der Waals surface area contributed by atoms with Crippen LogP contribution in [0.15, 0.2) is 48.5 Å². The first-order valence-electron chi connectivity index (χ1n) is 5.66. The lowest BCUT2D eigenvalue weighted by Gasteiger charge is -2.05. The maximum atomic E-state index is 13.4. The van der Waals surface area contributed by atoms with E-state index < -0.39 is 0 Å². The molecule has 2 rings (SSSR count). The molecule has 17 heavy (non-hydrogen) atoms. The van der Waals surface area contributed by atoms with Crippen LogP contribution < -0.4 is 4.74 Å². The van der Waals surface area contributed by atoms with Crippen molar-refractivity contribution in [2.24, 2.45) is 0 Å². The van der Waals surface area contributed by atoms with Crippen LogP contribution in [-0.4, -0.2) is 7.11 Å². The average molecular weight is 230 g/mol. The highest BCUT2D eigenvalue weighted by Gasteiger charge is 2.02. The van der Waals surface area contributed by atoms with E-state index in [0.717, 1.165) is 23.3 Å². The van der Waals surface area contributed by atoms with E-state index in [0.29, 0.717) is 6.42 Å². The molecule has 0 N–H and O–H groups in total. The molecular weight excluding hydrogens is 215 g/mol. The number of methoxy groups -OCH3 is 1. The van der Waals surface area contributed by atoms with Crippen LogP contribution in [-0.2, 0) is 12.8 Å². The summed E-state index contributed by atoms with van der Waals surface area (Å²) < 4.78 is 18.6. The zero-order valence-electron chi connectivity index (χ0n) is 9.82. The molecule has 0 bridgehead atoms. The topological polar surface area (TPSA) is 9.23 Å². The van der Waals surface area contributed by atoms with Gasteiger partial charge in [0.2, 0.25) is 0 Å². The van der Waals surface area contributed by atoms with Crippen molar-refractivity contribution in [1.29, 1.82) is 0 Å². The van der Waals surface area contributed by atoms with Gasteiger partial charge in [-0.3, -0.25) is 0 Å². The Morgan fingerprint density at radius 1 is 1.00 bits per heavy atom. The first kappa shape index (κ1) is 11.6. The fourth-order valence-corrected chi connectivity index (χ4v) is 1.81. The Hall–Kier alpha value is -1.83. The normalized spacial score (nSPS) is 10.2. The quantitative estimate of drug-likeness (QED) is 0.779. The Labute approximate surface area is 101 Å². The lowest BCUT2D eigenvalue weighted by molar-refractivity contribution is 0.414. The van der Waals surface area contributed by atoms with Gasteiger partial charge in [0.05, 0.1) is 7.11 Å². The molecular formula is C15H15FO. The van der Waals surface area contributed by atoms with Crippen molar-refractivity contribution in [3.8, 4) is 5.75 Å². The second kappa shape index (κ2) is 5.48. The van der Waals surface area contributed by atoms with Gasteiger partial charge in [0, 0.05) is 0 Å². The highest BCUT2D eigenvalue weighted by atomic mass is 19.1. The van der Waals surface area contributed by atoms with E-state index in [1.807, 2.05) is 36.4 Å². The molecule has 2 heteroatoms. The number of hydrogen-bond donors (Lipinski definition) is 0. The molecule has 2 aromatic rings. The van der Waals surface area contributed by atoms with Crippen molar-refractivity contribution in [2.75, 3.05) is 7.11 Å². The minimum Gasteiger partial charge on any atom is -0.497 e. The molecule has 1 nitrogen and oxygen atoms in total. The molecule has 88 valence electrons. The molecule has 0 aliphatic carbocycles. The Morgan fingerprint density at radius 2 is 1.82 bits per heavy atom. The van der Waals surface area contributed by atoms with Crippen LogP contribution in [0.5, 0.6) is 5.75 Å². The summed E-state index contributed by atoms with van der Waals surface area (Å²) in [5.74, 6) is 0.714. The number of rotatable bonds is 4. The van der Waals surface area contributed by atoms with E-state index in [-0.39, 0.29) is 5.82 Å². The molecule has 0 aliphatic heterocycles. The van der Waals surface area contributed by atoms with Crippen LogP contribution in [0.1, 0.15) is 11.1 Å². The summed E-state index contributed by atoms with van der Waals surface area (Å²) in [6.45, 7) is 0. The van der Waals surface area contributed by atoms with Gasteiger partial charge in [0.15, 0.2) is 0 Å². The Morgan fingerprint density at radius 3 is 2.59 bits per heavy atom. The zero-order chi connectivity index (χ0) is 12.1. The Bertz CT molecular complexity index is 494. The molecule has 0 spiro atoms. The summed E-state index contributed by atoms with van der Waals surface area (Å²) >= 11 is 0. The van der Waals surface area contributed by atoms with Gasteiger partial charge in [-0.2, -0.15) is 0 Å². The lowest BCUT2D eigenvalue weighted by Crippen LogP contribution is -1.95. The minimum atomic E-state index is -0.129. The second-order valence-electron chi connectivity index (χ2n) is 3.94.